The Labute approximate surface area is 124 Å². The van der Waals surface area contributed by atoms with Gasteiger partial charge in [0, 0.05) is 22.7 Å². The monoisotopic (exact) mass is 281 g/mol. The van der Waals surface area contributed by atoms with Crippen LogP contribution in [-0.4, -0.2) is 11.8 Å². The van der Waals surface area contributed by atoms with Crippen molar-refractivity contribution in [2.24, 2.45) is 0 Å². The quantitative estimate of drug-likeness (QED) is 0.913. The fraction of sp³-hybridized carbons (Fsp3) is 0.333. The number of rotatable bonds is 3. The van der Waals surface area contributed by atoms with Crippen LogP contribution >= 0.6 is 11.8 Å². The maximum absolute atomic E-state index is 3.79. The smallest absolute Gasteiger partial charge is 0.0326 e. The molecule has 0 bridgehead atoms. The molecule has 2 heteroatoms. The number of fused-ring (bicyclic) bond motifs is 2. The molecule has 2 aliphatic rings. The summed E-state index contributed by atoms with van der Waals surface area (Å²) in [6.07, 6.45) is 3.69. The minimum Gasteiger partial charge on any atom is -0.309 e. The van der Waals surface area contributed by atoms with Crippen LogP contribution in [0.2, 0.25) is 0 Å². The van der Waals surface area contributed by atoms with E-state index in [0.717, 1.165) is 6.54 Å². The average Bonchev–Trinajstić information content (AvgIpc) is 3.08. The van der Waals surface area contributed by atoms with Crippen molar-refractivity contribution in [3.8, 4) is 0 Å². The Morgan fingerprint density at radius 1 is 1.00 bits per heavy atom. The lowest BCUT2D eigenvalue weighted by Gasteiger charge is -2.17. The number of aryl methyl sites for hydroxylation is 1. The van der Waals surface area contributed by atoms with Crippen LogP contribution in [0.15, 0.2) is 53.4 Å². The Hall–Kier alpha value is -1.25. The average molecular weight is 281 g/mol. The van der Waals surface area contributed by atoms with Gasteiger partial charge in [0.05, 0.1) is 0 Å². The molecule has 2 unspecified atom stereocenters. The molecule has 1 heterocycles. The predicted molar refractivity (Wildman–Crippen MR) is 85.3 cm³/mol. The van der Waals surface area contributed by atoms with Gasteiger partial charge in [-0.05, 0) is 42.0 Å². The number of thioether (sulfide) groups is 1. The summed E-state index contributed by atoms with van der Waals surface area (Å²) < 4.78 is 0. The second-order valence-electron chi connectivity index (χ2n) is 5.75. The van der Waals surface area contributed by atoms with Crippen LogP contribution in [0.5, 0.6) is 0 Å². The number of hydrogen-bond donors (Lipinski definition) is 1. The second kappa shape index (κ2) is 5.27. The molecule has 2 aromatic rings. The van der Waals surface area contributed by atoms with E-state index in [4.69, 9.17) is 0 Å². The highest BCUT2D eigenvalue weighted by Gasteiger charge is 2.25. The summed E-state index contributed by atoms with van der Waals surface area (Å²) in [6, 6.07) is 18.3. The van der Waals surface area contributed by atoms with Gasteiger partial charge < -0.3 is 5.32 Å². The molecule has 20 heavy (non-hydrogen) atoms. The van der Waals surface area contributed by atoms with Crippen molar-refractivity contribution in [1.29, 1.82) is 0 Å². The third kappa shape index (κ3) is 2.27. The molecular weight excluding hydrogens is 262 g/mol. The molecule has 0 saturated carbocycles. The molecule has 1 aliphatic carbocycles. The first kappa shape index (κ1) is 12.5. The van der Waals surface area contributed by atoms with Crippen molar-refractivity contribution in [2.75, 3.05) is 6.54 Å². The summed E-state index contributed by atoms with van der Waals surface area (Å²) in [6.45, 7) is 1.11. The van der Waals surface area contributed by atoms with Crippen molar-refractivity contribution >= 4 is 11.8 Å². The molecule has 0 saturated heterocycles. The van der Waals surface area contributed by atoms with E-state index in [9.17, 15) is 0 Å². The Morgan fingerprint density at radius 2 is 1.80 bits per heavy atom. The molecule has 1 N–H and O–H groups in total. The van der Waals surface area contributed by atoms with E-state index in [0.29, 0.717) is 11.3 Å². The van der Waals surface area contributed by atoms with Crippen molar-refractivity contribution in [3.63, 3.8) is 0 Å². The fourth-order valence-electron chi connectivity index (χ4n) is 3.41. The normalized spacial score (nSPS) is 23.6. The van der Waals surface area contributed by atoms with Crippen molar-refractivity contribution in [2.45, 2.75) is 35.4 Å². The first-order chi connectivity index (χ1) is 9.90. The zero-order valence-corrected chi connectivity index (χ0v) is 12.3. The van der Waals surface area contributed by atoms with Crippen LogP contribution in [0, 0.1) is 0 Å². The van der Waals surface area contributed by atoms with Gasteiger partial charge in [0.2, 0.25) is 0 Å². The molecule has 4 rings (SSSR count). The van der Waals surface area contributed by atoms with Gasteiger partial charge in [0.15, 0.2) is 0 Å². The Kier molecular flexibility index (Phi) is 3.29. The second-order valence-corrected chi connectivity index (χ2v) is 7.09. The van der Waals surface area contributed by atoms with Gasteiger partial charge in [0.25, 0.3) is 0 Å². The highest BCUT2D eigenvalue weighted by molar-refractivity contribution is 8.00. The molecule has 1 aliphatic heterocycles. The summed E-state index contributed by atoms with van der Waals surface area (Å²) in [5.41, 5.74) is 4.58. The van der Waals surface area contributed by atoms with E-state index in [1.54, 1.807) is 0 Å². The van der Waals surface area contributed by atoms with Crippen LogP contribution in [0.25, 0.3) is 0 Å². The van der Waals surface area contributed by atoms with Crippen LogP contribution < -0.4 is 5.32 Å². The fourth-order valence-corrected chi connectivity index (χ4v) is 4.67. The molecule has 102 valence electrons. The third-order valence-electron chi connectivity index (χ3n) is 4.44. The zero-order chi connectivity index (χ0) is 13.4. The Morgan fingerprint density at radius 3 is 2.70 bits per heavy atom. The number of nitrogens with one attached hydrogen (secondary N) is 1. The molecule has 0 radical (unpaired) electrons. The summed E-state index contributed by atoms with van der Waals surface area (Å²) in [5, 5.41) is 4.49. The first-order valence-corrected chi connectivity index (χ1v) is 8.34. The van der Waals surface area contributed by atoms with E-state index in [-0.39, 0.29) is 0 Å². The largest absolute Gasteiger partial charge is 0.309 e. The molecular formula is C18H19NS. The summed E-state index contributed by atoms with van der Waals surface area (Å²) >= 11 is 2.04. The molecule has 0 spiro atoms. The van der Waals surface area contributed by atoms with Crippen molar-refractivity contribution in [1.82, 2.24) is 5.32 Å². The van der Waals surface area contributed by atoms with Gasteiger partial charge in [0.1, 0.15) is 0 Å². The van der Waals surface area contributed by atoms with E-state index in [2.05, 4.69) is 53.8 Å². The molecule has 1 nitrogen and oxygen atoms in total. The molecule has 2 atom stereocenters. The third-order valence-corrected chi connectivity index (χ3v) is 5.76. The highest BCUT2D eigenvalue weighted by Crippen LogP contribution is 2.37. The van der Waals surface area contributed by atoms with E-state index in [1.165, 1.54) is 40.8 Å². The van der Waals surface area contributed by atoms with Gasteiger partial charge in [-0.3, -0.25) is 0 Å². The van der Waals surface area contributed by atoms with E-state index in [1.807, 2.05) is 11.8 Å². The molecule has 2 aromatic carbocycles. The molecule has 0 aromatic heterocycles. The lowest BCUT2D eigenvalue weighted by molar-refractivity contribution is 0.527. The van der Waals surface area contributed by atoms with Crippen molar-refractivity contribution in [3.05, 3.63) is 65.2 Å². The van der Waals surface area contributed by atoms with Gasteiger partial charge in [-0.15, -0.1) is 11.8 Å². The standard InChI is InChI=1S/C18H19NS/c1-3-7-16-13(5-1)9-10-17(16)19-12-15-11-14-6-2-4-8-18(14)20-15/h1-8,15,17,19H,9-12H2. The maximum Gasteiger partial charge on any atom is 0.0326 e. The topological polar surface area (TPSA) is 12.0 Å². The number of hydrogen-bond acceptors (Lipinski definition) is 2. The first-order valence-electron chi connectivity index (χ1n) is 7.46. The van der Waals surface area contributed by atoms with E-state index >= 15 is 0 Å². The van der Waals surface area contributed by atoms with Crippen molar-refractivity contribution < 1.29 is 0 Å². The molecule has 0 fully saturated rings. The van der Waals surface area contributed by atoms with Crippen LogP contribution in [0.3, 0.4) is 0 Å². The summed E-state index contributed by atoms with van der Waals surface area (Å²) in [7, 11) is 0. The molecule has 0 amide bonds. The lowest BCUT2D eigenvalue weighted by Crippen LogP contribution is -2.27. The van der Waals surface area contributed by atoms with Crippen LogP contribution in [0.4, 0.5) is 0 Å². The van der Waals surface area contributed by atoms with E-state index < -0.39 is 0 Å². The van der Waals surface area contributed by atoms with Crippen LogP contribution in [-0.2, 0) is 12.8 Å². The Balaban J connectivity index is 1.39. The SMILES string of the molecule is c1ccc2c(c1)CC(CNC1CCc3ccccc31)S2. The predicted octanol–water partition coefficient (Wildman–Crippen LogP) is 3.98. The lowest BCUT2D eigenvalue weighted by atomic mass is 10.1. The minimum absolute atomic E-state index is 0.565. The maximum atomic E-state index is 3.79. The zero-order valence-electron chi connectivity index (χ0n) is 11.5. The van der Waals surface area contributed by atoms with Gasteiger partial charge in [-0.1, -0.05) is 42.5 Å². The number of benzene rings is 2. The van der Waals surface area contributed by atoms with Crippen LogP contribution in [0.1, 0.15) is 29.2 Å². The summed E-state index contributed by atoms with van der Waals surface area (Å²) in [4.78, 5) is 1.48. The van der Waals surface area contributed by atoms with Gasteiger partial charge in [-0.25, -0.2) is 0 Å². The minimum atomic E-state index is 0.565. The Bertz CT molecular complexity index is 597. The van der Waals surface area contributed by atoms with Gasteiger partial charge >= 0.3 is 0 Å². The summed E-state index contributed by atoms with van der Waals surface area (Å²) in [5.74, 6) is 0. The highest BCUT2D eigenvalue weighted by atomic mass is 32.2. The van der Waals surface area contributed by atoms with Gasteiger partial charge in [-0.2, -0.15) is 0 Å².